The van der Waals surface area contributed by atoms with Crippen LogP contribution in [0.5, 0.6) is 0 Å². The molecule has 0 unspecified atom stereocenters. The maximum absolute atomic E-state index is 12.1. The molecule has 1 fully saturated rings. The van der Waals surface area contributed by atoms with Gasteiger partial charge in [0.2, 0.25) is 5.91 Å². The highest BCUT2D eigenvalue weighted by atomic mass is 16.2. The van der Waals surface area contributed by atoms with Gasteiger partial charge in [0.1, 0.15) is 0 Å². The van der Waals surface area contributed by atoms with Crippen LogP contribution in [0.15, 0.2) is 18.2 Å². The van der Waals surface area contributed by atoms with E-state index in [-0.39, 0.29) is 18.0 Å². The van der Waals surface area contributed by atoms with Gasteiger partial charge in [-0.1, -0.05) is 13.0 Å². The fourth-order valence-corrected chi connectivity index (χ4v) is 2.78. The summed E-state index contributed by atoms with van der Waals surface area (Å²) in [5, 5.41) is 8.63. The van der Waals surface area contributed by atoms with Gasteiger partial charge in [-0.15, -0.1) is 0 Å². The number of carbonyl (C=O) groups excluding carboxylic acids is 2. The number of hydrogen-bond donors (Lipinski definition) is 3. The van der Waals surface area contributed by atoms with Crippen molar-refractivity contribution < 1.29 is 9.59 Å². The van der Waals surface area contributed by atoms with Gasteiger partial charge in [-0.05, 0) is 56.2 Å². The van der Waals surface area contributed by atoms with Crippen molar-refractivity contribution in [1.82, 2.24) is 5.32 Å². The predicted octanol–water partition coefficient (Wildman–Crippen LogP) is 3.65. The summed E-state index contributed by atoms with van der Waals surface area (Å²) in [6, 6.07) is 5.57. The van der Waals surface area contributed by atoms with E-state index in [1.165, 1.54) is 19.8 Å². The zero-order chi connectivity index (χ0) is 16.1. The molecule has 1 aromatic rings. The molecular formula is C17H25N3O2. The standard InChI is InChI=1S/C17H25N3O2/c1-11-4-7-14(8-5-11)19-17(22)20-15-9-6-12(2)16(10-15)18-13(3)21/h6,9-11,14H,4-5,7-8H2,1-3H3,(H,18,21)(H2,19,20,22). The van der Waals surface area contributed by atoms with Crippen LogP contribution in [0.25, 0.3) is 0 Å². The molecule has 0 aromatic heterocycles. The summed E-state index contributed by atoms with van der Waals surface area (Å²) in [7, 11) is 0. The Morgan fingerprint density at radius 1 is 1.09 bits per heavy atom. The molecule has 0 bridgehead atoms. The van der Waals surface area contributed by atoms with Crippen LogP contribution in [-0.4, -0.2) is 18.0 Å². The molecule has 22 heavy (non-hydrogen) atoms. The Kier molecular flexibility index (Phi) is 5.41. The third-order valence-corrected chi connectivity index (χ3v) is 4.16. The molecular weight excluding hydrogens is 278 g/mol. The zero-order valence-corrected chi connectivity index (χ0v) is 13.5. The van der Waals surface area contributed by atoms with E-state index < -0.39 is 0 Å². The zero-order valence-electron chi connectivity index (χ0n) is 13.5. The van der Waals surface area contributed by atoms with E-state index in [1.807, 2.05) is 19.1 Å². The summed E-state index contributed by atoms with van der Waals surface area (Å²) >= 11 is 0. The van der Waals surface area contributed by atoms with Crippen molar-refractivity contribution in [2.24, 2.45) is 5.92 Å². The second-order valence-electron chi connectivity index (χ2n) is 6.27. The summed E-state index contributed by atoms with van der Waals surface area (Å²) in [5.74, 6) is 0.638. The third kappa shape index (κ3) is 4.76. The Hall–Kier alpha value is -2.04. The van der Waals surface area contributed by atoms with Gasteiger partial charge in [-0.2, -0.15) is 0 Å². The van der Waals surface area contributed by atoms with E-state index in [1.54, 1.807) is 6.07 Å². The molecule has 0 atom stereocenters. The van der Waals surface area contributed by atoms with Crippen LogP contribution in [-0.2, 0) is 4.79 Å². The van der Waals surface area contributed by atoms with Gasteiger partial charge in [-0.25, -0.2) is 4.79 Å². The van der Waals surface area contributed by atoms with E-state index in [0.29, 0.717) is 5.69 Å². The minimum Gasteiger partial charge on any atom is -0.335 e. The van der Waals surface area contributed by atoms with E-state index in [9.17, 15) is 9.59 Å². The van der Waals surface area contributed by atoms with Gasteiger partial charge < -0.3 is 16.0 Å². The highest BCUT2D eigenvalue weighted by Crippen LogP contribution is 2.24. The number of hydrogen-bond acceptors (Lipinski definition) is 2. The SMILES string of the molecule is CC(=O)Nc1cc(NC(=O)NC2CCC(C)CC2)ccc1C. The van der Waals surface area contributed by atoms with Gasteiger partial charge in [0.25, 0.3) is 0 Å². The average Bonchev–Trinajstić information content (AvgIpc) is 2.44. The summed E-state index contributed by atoms with van der Waals surface area (Å²) in [4.78, 5) is 23.2. The molecule has 3 N–H and O–H groups in total. The summed E-state index contributed by atoms with van der Waals surface area (Å²) in [5.41, 5.74) is 2.36. The summed E-state index contributed by atoms with van der Waals surface area (Å²) < 4.78 is 0. The third-order valence-electron chi connectivity index (χ3n) is 4.16. The lowest BCUT2D eigenvalue weighted by atomic mass is 9.87. The fraction of sp³-hybridized carbons (Fsp3) is 0.529. The second kappa shape index (κ2) is 7.29. The maximum Gasteiger partial charge on any atom is 0.319 e. The number of carbonyl (C=O) groups is 2. The number of amides is 3. The van der Waals surface area contributed by atoms with Crippen LogP contribution in [0.4, 0.5) is 16.2 Å². The molecule has 0 aliphatic heterocycles. The van der Waals surface area contributed by atoms with Gasteiger partial charge >= 0.3 is 6.03 Å². The van der Waals surface area contributed by atoms with Crippen molar-refractivity contribution in [3.8, 4) is 0 Å². The molecule has 2 rings (SSSR count). The Balaban J connectivity index is 1.92. The fourth-order valence-electron chi connectivity index (χ4n) is 2.78. The Bertz CT molecular complexity index is 549. The molecule has 5 heteroatoms. The molecule has 0 radical (unpaired) electrons. The monoisotopic (exact) mass is 303 g/mol. The van der Waals surface area contributed by atoms with E-state index in [0.717, 1.165) is 30.0 Å². The molecule has 0 heterocycles. The van der Waals surface area contributed by atoms with E-state index in [4.69, 9.17) is 0 Å². The molecule has 5 nitrogen and oxygen atoms in total. The van der Waals surface area contributed by atoms with Gasteiger partial charge in [0.05, 0.1) is 0 Å². The molecule has 3 amide bonds. The van der Waals surface area contributed by atoms with Crippen molar-refractivity contribution in [3.05, 3.63) is 23.8 Å². The van der Waals surface area contributed by atoms with Gasteiger partial charge in [-0.3, -0.25) is 4.79 Å². The smallest absolute Gasteiger partial charge is 0.319 e. The molecule has 0 saturated heterocycles. The van der Waals surface area contributed by atoms with E-state index >= 15 is 0 Å². The molecule has 120 valence electrons. The van der Waals surface area contributed by atoms with Crippen LogP contribution in [0, 0.1) is 12.8 Å². The topological polar surface area (TPSA) is 70.2 Å². The van der Waals surface area contributed by atoms with Crippen molar-refractivity contribution in [3.63, 3.8) is 0 Å². The first-order valence-corrected chi connectivity index (χ1v) is 7.90. The first-order chi connectivity index (χ1) is 10.4. The molecule has 1 aliphatic rings. The quantitative estimate of drug-likeness (QED) is 0.797. The average molecular weight is 303 g/mol. The van der Waals surface area contributed by atoms with Crippen LogP contribution in [0.3, 0.4) is 0 Å². The highest BCUT2D eigenvalue weighted by molar-refractivity contribution is 5.93. The lowest BCUT2D eigenvalue weighted by molar-refractivity contribution is -0.114. The number of rotatable bonds is 3. The minimum absolute atomic E-state index is 0.124. The largest absolute Gasteiger partial charge is 0.335 e. The molecule has 0 spiro atoms. The Morgan fingerprint density at radius 3 is 2.41 bits per heavy atom. The first kappa shape index (κ1) is 16.3. The van der Waals surface area contributed by atoms with Gasteiger partial charge in [0.15, 0.2) is 0 Å². The number of nitrogens with one attached hydrogen (secondary N) is 3. The number of benzene rings is 1. The molecule has 1 aliphatic carbocycles. The van der Waals surface area contributed by atoms with E-state index in [2.05, 4.69) is 22.9 Å². The minimum atomic E-state index is -0.183. The molecule has 1 saturated carbocycles. The van der Waals surface area contributed by atoms with Crippen LogP contribution in [0.1, 0.15) is 45.1 Å². The predicted molar refractivity (Wildman–Crippen MR) is 89.1 cm³/mol. The summed E-state index contributed by atoms with van der Waals surface area (Å²) in [6.45, 7) is 5.64. The van der Waals surface area contributed by atoms with Crippen molar-refractivity contribution >= 4 is 23.3 Å². The van der Waals surface area contributed by atoms with Crippen LogP contribution in [0.2, 0.25) is 0 Å². The van der Waals surface area contributed by atoms with Crippen molar-refractivity contribution in [2.45, 2.75) is 52.5 Å². The van der Waals surface area contributed by atoms with Gasteiger partial charge in [0, 0.05) is 24.3 Å². The number of urea groups is 1. The lowest BCUT2D eigenvalue weighted by Gasteiger charge is -2.27. The normalized spacial score (nSPS) is 21.0. The number of anilines is 2. The second-order valence-corrected chi connectivity index (χ2v) is 6.27. The van der Waals surface area contributed by atoms with Crippen LogP contribution >= 0.6 is 0 Å². The molecule has 1 aromatic carbocycles. The van der Waals surface area contributed by atoms with Crippen molar-refractivity contribution in [1.29, 1.82) is 0 Å². The highest BCUT2D eigenvalue weighted by Gasteiger charge is 2.19. The number of aryl methyl sites for hydroxylation is 1. The first-order valence-electron chi connectivity index (χ1n) is 7.90. The Labute approximate surface area is 131 Å². The van der Waals surface area contributed by atoms with Crippen LogP contribution < -0.4 is 16.0 Å². The van der Waals surface area contributed by atoms with Crippen molar-refractivity contribution in [2.75, 3.05) is 10.6 Å². The lowest BCUT2D eigenvalue weighted by Crippen LogP contribution is -2.39. The summed E-state index contributed by atoms with van der Waals surface area (Å²) in [6.07, 6.45) is 4.42. The maximum atomic E-state index is 12.1. The Morgan fingerprint density at radius 2 is 1.77 bits per heavy atom.